The number of ether oxygens (including phenoxy) is 1. The van der Waals surface area contributed by atoms with Crippen LogP contribution in [0.1, 0.15) is 0 Å². The van der Waals surface area contributed by atoms with E-state index >= 15 is 0 Å². The number of aromatic amines is 1. The minimum absolute atomic E-state index is 0. The molecule has 0 unspecified atom stereocenters. The minimum atomic E-state index is -0.472. The zero-order valence-electron chi connectivity index (χ0n) is 13.4. The lowest BCUT2D eigenvalue weighted by Gasteiger charge is -2.16. The van der Waals surface area contributed by atoms with Crippen LogP contribution in [0.3, 0.4) is 0 Å². The largest absolute Gasteiger partial charge is 0.496 e. The van der Waals surface area contributed by atoms with Gasteiger partial charge in [-0.15, -0.1) is 12.4 Å². The Morgan fingerprint density at radius 1 is 1.44 bits per heavy atom. The van der Waals surface area contributed by atoms with Gasteiger partial charge < -0.3 is 20.4 Å². The SMILES string of the molecule is COc1ccc(F)cc1-c1cc(=O)[nH]c(=S)n1CCNC(=O)CN.Cl. The summed E-state index contributed by atoms with van der Waals surface area (Å²) >= 11 is 5.18. The maximum Gasteiger partial charge on any atom is 0.252 e. The Balaban J connectivity index is 0.00000312. The number of carbonyl (C=O) groups excluding carboxylic acids is 1. The van der Waals surface area contributed by atoms with Crippen molar-refractivity contribution in [3.05, 3.63) is 45.2 Å². The Kier molecular flexibility index (Phi) is 7.75. The highest BCUT2D eigenvalue weighted by Crippen LogP contribution is 2.29. The molecule has 1 aromatic heterocycles. The van der Waals surface area contributed by atoms with Crippen molar-refractivity contribution in [2.75, 3.05) is 20.2 Å². The van der Waals surface area contributed by atoms with E-state index < -0.39 is 11.4 Å². The van der Waals surface area contributed by atoms with Crippen LogP contribution < -0.4 is 21.3 Å². The molecule has 1 aromatic carbocycles. The van der Waals surface area contributed by atoms with Crippen LogP contribution in [-0.2, 0) is 11.3 Å². The zero-order valence-corrected chi connectivity index (χ0v) is 15.0. The van der Waals surface area contributed by atoms with Crippen LogP contribution in [0, 0.1) is 10.6 Å². The Morgan fingerprint density at radius 2 is 2.16 bits per heavy atom. The summed E-state index contributed by atoms with van der Waals surface area (Å²) in [5.41, 5.74) is 5.60. The van der Waals surface area contributed by atoms with Gasteiger partial charge in [0, 0.05) is 24.7 Å². The average molecular weight is 389 g/mol. The highest BCUT2D eigenvalue weighted by atomic mass is 35.5. The summed E-state index contributed by atoms with van der Waals surface area (Å²) in [6, 6.07) is 5.29. The molecule has 0 radical (unpaired) electrons. The molecule has 1 amide bonds. The number of nitrogens with one attached hydrogen (secondary N) is 2. The monoisotopic (exact) mass is 388 g/mol. The molecular weight excluding hydrogens is 371 g/mol. The summed E-state index contributed by atoms with van der Waals surface area (Å²) < 4.78 is 20.6. The summed E-state index contributed by atoms with van der Waals surface area (Å²) in [6.45, 7) is 0.402. The smallest absolute Gasteiger partial charge is 0.252 e. The number of nitrogens with zero attached hydrogens (tertiary/aromatic N) is 1. The molecule has 0 aliphatic heterocycles. The topological polar surface area (TPSA) is 102 Å². The van der Waals surface area contributed by atoms with Crippen LogP contribution in [0.15, 0.2) is 29.1 Å². The quantitative estimate of drug-likeness (QED) is 0.646. The van der Waals surface area contributed by atoms with Crippen LogP contribution in [0.2, 0.25) is 0 Å². The van der Waals surface area contributed by atoms with Crippen molar-refractivity contribution in [1.29, 1.82) is 0 Å². The molecule has 0 saturated heterocycles. The molecular formula is C15H18ClFN4O3S. The fraction of sp³-hybridized carbons (Fsp3) is 0.267. The molecule has 4 N–H and O–H groups in total. The molecule has 0 aliphatic carbocycles. The standard InChI is InChI=1S/C15H17FN4O3S.ClH/c1-23-12-3-2-9(16)6-10(12)11-7-13(21)19-15(24)20(11)5-4-18-14(22)8-17;/h2-3,6-7H,4-5,8,17H2,1H3,(H,18,22)(H,19,21,24);1H. The molecule has 0 saturated carbocycles. The number of benzene rings is 1. The van der Waals surface area contributed by atoms with Gasteiger partial charge in [0.15, 0.2) is 4.77 Å². The number of aromatic nitrogens is 2. The second-order valence-corrected chi connectivity index (χ2v) is 5.26. The molecule has 136 valence electrons. The Morgan fingerprint density at radius 3 is 2.80 bits per heavy atom. The number of hydrogen-bond donors (Lipinski definition) is 3. The van der Waals surface area contributed by atoms with Crippen LogP contribution in [-0.4, -0.2) is 35.7 Å². The van der Waals surface area contributed by atoms with E-state index in [2.05, 4.69) is 10.3 Å². The lowest BCUT2D eigenvalue weighted by molar-refractivity contribution is -0.119. The lowest BCUT2D eigenvalue weighted by Crippen LogP contribution is -2.33. The Bertz CT molecular complexity index is 869. The van der Waals surface area contributed by atoms with Crippen molar-refractivity contribution in [2.45, 2.75) is 6.54 Å². The third-order valence-electron chi connectivity index (χ3n) is 3.31. The summed E-state index contributed by atoms with van der Waals surface area (Å²) in [6.07, 6.45) is 0. The normalized spacial score (nSPS) is 10.0. The van der Waals surface area contributed by atoms with Gasteiger partial charge in [0.1, 0.15) is 11.6 Å². The van der Waals surface area contributed by atoms with Crippen LogP contribution >= 0.6 is 24.6 Å². The van der Waals surface area contributed by atoms with Crippen molar-refractivity contribution in [1.82, 2.24) is 14.9 Å². The van der Waals surface area contributed by atoms with Gasteiger partial charge in [0.2, 0.25) is 5.91 Å². The van der Waals surface area contributed by atoms with Crippen molar-refractivity contribution in [3.8, 4) is 17.0 Å². The molecule has 0 aliphatic rings. The molecule has 7 nitrogen and oxygen atoms in total. The Labute approximate surface area is 154 Å². The van der Waals surface area contributed by atoms with E-state index in [0.29, 0.717) is 17.0 Å². The Hall–Kier alpha value is -2.23. The maximum absolute atomic E-state index is 13.7. The lowest BCUT2D eigenvalue weighted by atomic mass is 10.1. The summed E-state index contributed by atoms with van der Waals surface area (Å²) in [7, 11) is 1.45. The van der Waals surface area contributed by atoms with E-state index in [0.717, 1.165) is 0 Å². The first-order chi connectivity index (χ1) is 11.5. The van der Waals surface area contributed by atoms with Gasteiger partial charge >= 0.3 is 0 Å². The van der Waals surface area contributed by atoms with Crippen LogP contribution in [0.25, 0.3) is 11.3 Å². The van der Waals surface area contributed by atoms with E-state index in [1.165, 1.54) is 31.4 Å². The number of methoxy groups -OCH3 is 1. The number of amides is 1. The predicted octanol–water partition coefficient (Wildman–Crippen LogP) is 1.22. The average Bonchev–Trinajstić information content (AvgIpc) is 2.56. The molecule has 25 heavy (non-hydrogen) atoms. The highest BCUT2D eigenvalue weighted by Gasteiger charge is 2.13. The molecule has 0 bridgehead atoms. The zero-order chi connectivity index (χ0) is 17.7. The number of halogens is 2. The third kappa shape index (κ3) is 5.12. The minimum Gasteiger partial charge on any atom is -0.496 e. The molecule has 2 aromatic rings. The second kappa shape index (κ2) is 9.30. The van der Waals surface area contributed by atoms with E-state index in [1.807, 2.05) is 0 Å². The van der Waals surface area contributed by atoms with Gasteiger partial charge in [0.05, 0.1) is 19.3 Å². The van der Waals surface area contributed by atoms with Crippen LogP contribution in [0.4, 0.5) is 4.39 Å². The van der Waals surface area contributed by atoms with E-state index in [1.54, 1.807) is 4.57 Å². The highest BCUT2D eigenvalue weighted by molar-refractivity contribution is 7.71. The molecule has 2 rings (SSSR count). The fourth-order valence-corrected chi connectivity index (χ4v) is 2.52. The van der Waals surface area contributed by atoms with Gasteiger partial charge in [-0.2, -0.15) is 0 Å². The summed E-state index contributed by atoms with van der Waals surface area (Å²) in [5, 5.41) is 2.61. The summed E-state index contributed by atoms with van der Waals surface area (Å²) in [4.78, 5) is 25.5. The van der Waals surface area contributed by atoms with Crippen molar-refractivity contribution in [3.63, 3.8) is 0 Å². The molecule has 0 fully saturated rings. The first kappa shape index (κ1) is 20.8. The number of rotatable bonds is 6. The maximum atomic E-state index is 13.7. The van der Waals surface area contributed by atoms with Gasteiger partial charge in [-0.05, 0) is 30.4 Å². The van der Waals surface area contributed by atoms with Crippen molar-refractivity contribution < 1.29 is 13.9 Å². The predicted molar refractivity (Wildman–Crippen MR) is 97.1 cm³/mol. The van der Waals surface area contributed by atoms with Crippen molar-refractivity contribution >= 4 is 30.5 Å². The van der Waals surface area contributed by atoms with E-state index in [4.69, 9.17) is 22.7 Å². The summed E-state index contributed by atoms with van der Waals surface area (Å²) in [5.74, 6) is -0.382. The number of carbonyl (C=O) groups is 1. The second-order valence-electron chi connectivity index (χ2n) is 4.87. The van der Waals surface area contributed by atoms with Gasteiger partial charge in [-0.3, -0.25) is 14.6 Å². The van der Waals surface area contributed by atoms with E-state index in [9.17, 15) is 14.0 Å². The van der Waals surface area contributed by atoms with E-state index in [-0.39, 0.29) is 42.7 Å². The number of hydrogen-bond acceptors (Lipinski definition) is 5. The van der Waals surface area contributed by atoms with Crippen molar-refractivity contribution in [2.24, 2.45) is 5.73 Å². The first-order valence-corrected chi connectivity index (χ1v) is 7.52. The first-order valence-electron chi connectivity index (χ1n) is 7.11. The third-order valence-corrected chi connectivity index (χ3v) is 3.64. The molecule has 0 spiro atoms. The molecule has 0 atom stereocenters. The van der Waals surface area contributed by atoms with Gasteiger partial charge in [-0.25, -0.2) is 4.39 Å². The fourth-order valence-electron chi connectivity index (χ4n) is 2.23. The van der Waals surface area contributed by atoms with Crippen LogP contribution in [0.5, 0.6) is 5.75 Å². The number of H-pyrrole nitrogens is 1. The number of nitrogens with two attached hydrogens (primary N) is 1. The van der Waals surface area contributed by atoms with Gasteiger partial charge in [0.25, 0.3) is 5.56 Å². The molecule has 10 heteroatoms. The van der Waals surface area contributed by atoms with Gasteiger partial charge in [-0.1, -0.05) is 0 Å². The molecule has 1 heterocycles.